The van der Waals surface area contributed by atoms with Gasteiger partial charge in [0.05, 0.1) is 29.4 Å². The van der Waals surface area contributed by atoms with Crippen molar-refractivity contribution in [3.63, 3.8) is 0 Å². The number of carbonyl (C=O) groups excluding carboxylic acids is 2. The fourth-order valence-electron chi connectivity index (χ4n) is 4.05. The molecule has 0 saturated heterocycles. The highest BCUT2D eigenvalue weighted by Crippen LogP contribution is 2.36. The van der Waals surface area contributed by atoms with Crippen molar-refractivity contribution < 1.29 is 23.8 Å². The average molecular weight is 489 g/mol. The normalized spacial score (nSPS) is 12.4. The van der Waals surface area contributed by atoms with Gasteiger partial charge in [0.25, 0.3) is 5.91 Å². The van der Waals surface area contributed by atoms with E-state index in [9.17, 15) is 9.59 Å². The fourth-order valence-corrected chi connectivity index (χ4v) is 5.19. The first kappa shape index (κ1) is 22.9. The highest BCUT2D eigenvalue weighted by Gasteiger charge is 2.21. The number of rotatable bonds is 6. The van der Waals surface area contributed by atoms with Crippen LogP contribution >= 0.6 is 11.3 Å². The summed E-state index contributed by atoms with van der Waals surface area (Å²) >= 11 is 1.39. The van der Waals surface area contributed by atoms with E-state index in [2.05, 4.69) is 12.2 Å². The highest BCUT2D eigenvalue weighted by molar-refractivity contribution is 7.16. The number of nitrogens with zero attached hydrogens (tertiary/aromatic N) is 1. The van der Waals surface area contributed by atoms with Crippen LogP contribution in [0.4, 0.5) is 5.00 Å². The summed E-state index contributed by atoms with van der Waals surface area (Å²) in [5.74, 6) is 0.544. The number of hydrogen-bond donors (Lipinski definition) is 1. The van der Waals surface area contributed by atoms with Crippen LogP contribution in [-0.4, -0.2) is 37.2 Å². The first-order valence-electron chi connectivity index (χ1n) is 11.4. The summed E-state index contributed by atoms with van der Waals surface area (Å²) < 4.78 is 16.3. The van der Waals surface area contributed by atoms with E-state index in [1.807, 2.05) is 42.5 Å². The predicted octanol–water partition coefficient (Wildman–Crippen LogP) is 5.73. The van der Waals surface area contributed by atoms with Crippen molar-refractivity contribution in [3.05, 3.63) is 70.6 Å². The number of thiophene rings is 1. The molecule has 1 aliphatic rings. The van der Waals surface area contributed by atoms with E-state index < -0.39 is 5.97 Å². The molecule has 1 amide bonds. The summed E-state index contributed by atoms with van der Waals surface area (Å²) in [4.78, 5) is 31.7. The van der Waals surface area contributed by atoms with Crippen molar-refractivity contribution in [1.82, 2.24) is 4.98 Å². The maximum atomic E-state index is 13.5. The van der Waals surface area contributed by atoms with Crippen molar-refractivity contribution >= 4 is 39.1 Å². The van der Waals surface area contributed by atoms with Gasteiger partial charge in [-0.25, -0.2) is 9.78 Å². The second kappa shape index (κ2) is 9.76. The van der Waals surface area contributed by atoms with E-state index in [0.29, 0.717) is 52.1 Å². The minimum atomic E-state index is -0.476. The largest absolute Gasteiger partial charge is 0.486 e. The number of anilines is 1. The quantitative estimate of drug-likeness (QED) is 0.349. The van der Waals surface area contributed by atoms with Gasteiger partial charge in [-0.1, -0.05) is 31.5 Å². The SMILES string of the molecule is CCCc1cc(C(=O)OC)c(NC(=O)c2cc(-c3ccc4c(c3)OCCO4)nc3ccccc23)s1. The van der Waals surface area contributed by atoms with E-state index in [1.165, 1.54) is 18.4 Å². The first-order valence-corrected chi connectivity index (χ1v) is 12.2. The average Bonchev–Trinajstić information content (AvgIpc) is 3.29. The fraction of sp³-hybridized carbons (Fsp3) is 0.222. The molecule has 5 rings (SSSR count). The van der Waals surface area contributed by atoms with Crippen molar-refractivity contribution in [2.45, 2.75) is 19.8 Å². The Balaban J connectivity index is 1.55. The zero-order chi connectivity index (χ0) is 24.4. The lowest BCUT2D eigenvalue weighted by molar-refractivity contribution is 0.0602. The zero-order valence-electron chi connectivity index (χ0n) is 19.4. The number of methoxy groups -OCH3 is 1. The number of amides is 1. The number of fused-ring (bicyclic) bond motifs is 2. The molecular formula is C27H24N2O5S. The molecule has 0 spiro atoms. The number of aromatic nitrogens is 1. The molecule has 35 heavy (non-hydrogen) atoms. The van der Waals surface area contributed by atoms with Crippen molar-refractivity contribution in [3.8, 4) is 22.8 Å². The minimum absolute atomic E-state index is 0.322. The first-order chi connectivity index (χ1) is 17.1. The molecule has 0 aliphatic carbocycles. The lowest BCUT2D eigenvalue weighted by atomic mass is 10.0. The summed E-state index contributed by atoms with van der Waals surface area (Å²) in [5, 5.41) is 4.15. The minimum Gasteiger partial charge on any atom is -0.486 e. The van der Waals surface area contributed by atoms with Gasteiger partial charge in [-0.3, -0.25) is 4.79 Å². The Bertz CT molecular complexity index is 1430. The molecule has 1 aliphatic heterocycles. The Morgan fingerprint density at radius 1 is 1.03 bits per heavy atom. The topological polar surface area (TPSA) is 86.8 Å². The van der Waals surface area contributed by atoms with Gasteiger partial charge in [0, 0.05) is 15.8 Å². The number of nitrogens with one attached hydrogen (secondary N) is 1. The van der Waals surface area contributed by atoms with Crippen LogP contribution in [0, 0.1) is 0 Å². The van der Waals surface area contributed by atoms with Crippen LogP contribution in [0.5, 0.6) is 11.5 Å². The predicted molar refractivity (Wildman–Crippen MR) is 136 cm³/mol. The van der Waals surface area contributed by atoms with Gasteiger partial charge in [-0.2, -0.15) is 0 Å². The zero-order valence-corrected chi connectivity index (χ0v) is 20.2. The lowest BCUT2D eigenvalue weighted by Crippen LogP contribution is -2.15. The third-order valence-electron chi connectivity index (χ3n) is 5.71. The third-order valence-corrected chi connectivity index (χ3v) is 6.82. The third kappa shape index (κ3) is 4.57. The lowest BCUT2D eigenvalue weighted by Gasteiger charge is -2.19. The molecule has 2 aromatic heterocycles. The number of ether oxygens (including phenoxy) is 3. The number of esters is 1. The van der Waals surface area contributed by atoms with Gasteiger partial charge in [0.1, 0.15) is 18.2 Å². The van der Waals surface area contributed by atoms with E-state index in [-0.39, 0.29) is 5.91 Å². The highest BCUT2D eigenvalue weighted by atomic mass is 32.1. The molecule has 7 nitrogen and oxygen atoms in total. The number of para-hydroxylation sites is 1. The molecule has 0 saturated carbocycles. The molecule has 4 aromatic rings. The van der Waals surface area contributed by atoms with Gasteiger partial charge in [-0.15, -0.1) is 11.3 Å². The monoisotopic (exact) mass is 488 g/mol. The number of aryl methyl sites for hydroxylation is 1. The number of carbonyl (C=O) groups is 2. The molecule has 0 fully saturated rings. The van der Waals surface area contributed by atoms with Crippen LogP contribution in [0.25, 0.3) is 22.2 Å². The molecule has 2 aromatic carbocycles. The van der Waals surface area contributed by atoms with E-state index in [0.717, 1.165) is 28.7 Å². The molecule has 178 valence electrons. The number of hydrogen-bond acceptors (Lipinski definition) is 7. The molecular weight excluding hydrogens is 464 g/mol. The van der Waals surface area contributed by atoms with Gasteiger partial charge >= 0.3 is 5.97 Å². The second-order valence-electron chi connectivity index (χ2n) is 8.08. The Morgan fingerprint density at radius 2 is 1.83 bits per heavy atom. The Morgan fingerprint density at radius 3 is 2.63 bits per heavy atom. The van der Waals surface area contributed by atoms with Crippen molar-refractivity contribution in [2.75, 3.05) is 25.6 Å². The van der Waals surface area contributed by atoms with E-state index in [4.69, 9.17) is 19.2 Å². The second-order valence-corrected chi connectivity index (χ2v) is 9.22. The summed E-state index contributed by atoms with van der Waals surface area (Å²) in [7, 11) is 1.33. The van der Waals surface area contributed by atoms with E-state index >= 15 is 0 Å². The summed E-state index contributed by atoms with van der Waals surface area (Å²) in [5.41, 5.74) is 2.96. The van der Waals surface area contributed by atoms with Crippen LogP contribution in [0.1, 0.15) is 38.9 Å². The van der Waals surface area contributed by atoms with Crippen LogP contribution in [0.15, 0.2) is 54.6 Å². The van der Waals surface area contributed by atoms with Crippen molar-refractivity contribution in [2.24, 2.45) is 0 Å². The molecule has 3 heterocycles. The number of pyridine rings is 1. The molecule has 1 N–H and O–H groups in total. The molecule has 0 bridgehead atoms. The van der Waals surface area contributed by atoms with Crippen LogP contribution in [0.3, 0.4) is 0 Å². The van der Waals surface area contributed by atoms with Gasteiger partial charge < -0.3 is 19.5 Å². The smallest absolute Gasteiger partial charge is 0.340 e. The molecule has 0 radical (unpaired) electrons. The Labute approximate surface area is 206 Å². The summed E-state index contributed by atoms with van der Waals surface area (Å²) in [6, 6.07) is 16.7. The van der Waals surface area contributed by atoms with Crippen molar-refractivity contribution in [1.29, 1.82) is 0 Å². The summed E-state index contributed by atoms with van der Waals surface area (Å²) in [6.45, 7) is 3.07. The maximum Gasteiger partial charge on any atom is 0.340 e. The molecule has 0 atom stereocenters. The number of benzene rings is 2. The van der Waals surface area contributed by atoms with Crippen LogP contribution < -0.4 is 14.8 Å². The van der Waals surface area contributed by atoms with Crippen LogP contribution in [-0.2, 0) is 11.2 Å². The Hall–Kier alpha value is -3.91. The maximum absolute atomic E-state index is 13.5. The molecule has 0 unspecified atom stereocenters. The van der Waals surface area contributed by atoms with Crippen LogP contribution in [0.2, 0.25) is 0 Å². The van der Waals surface area contributed by atoms with Gasteiger partial charge in [0.15, 0.2) is 11.5 Å². The standard InChI is InChI=1S/C27H24N2O5S/c1-3-6-17-14-20(27(31)32-2)26(35-17)29-25(30)19-15-22(28-21-8-5-4-7-18(19)21)16-9-10-23-24(13-16)34-12-11-33-23/h4-5,7-10,13-15H,3,6,11-12H2,1-2H3,(H,29,30). The van der Waals surface area contributed by atoms with Gasteiger partial charge in [-0.05, 0) is 42.8 Å². The van der Waals surface area contributed by atoms with Gasteiger partial charge in [0.2, 0.25) is 0 Å². The Kier molecular flexibility index (Phi) is 6.37. The molecule has 8 heteroatoms. The van der Waals surface area contributed by atoms with E-state index in [1.54, 1.807) is 12.1 Å². The summed E-state index contributed by atoms with van der Waals surface area (Å²) in [6.07, 6.45) is 1.75.